The van der Waals surface area contributed by atoms with E-state index < -0.39 is 0 Å². The van der Waals surface area contributed by atoms with E-state index in [4.69, 9.17) is 0 Å². The van der Waals surface area contributed by atoms with Crippen molar-refractivity contribution < 1.29 is 4.79 Å². The summed E-state index contributed by atoms with van der Waals surface area (Å²) in [6.07, 6.45) is 4.91. The van der Waals surface area contributed by atoms with Gasteiger partial charge in [-0.25, -0.2) is 4.98 Å². The third-order valence-electron chi connectivity index (χ3n) is 2.26. The molecule has 3 nitrogen and oxygen atoms in total. The van der Waals surface area contributed by atoms with Crippen LogP contribution in [0.15, 0.2) is 53.9 Å². The zero-order valence-corrected chi connectivity index (χ0v) is 10.2. The summed E-state index contributed by atoms with van der Waals surface area (Å²) in [6.45, 7) is 1.88. The van der Waals surface area contributed by atoms with Crippen LogP contribution in [-0.4, -0.2) is 21.0 Å². The SMILES string of the molecule is CC(Sc1cnccn1)C(=O)c1ccccc1. The average Bonchev–Trinajstić information content (AvgIpc) is 2.40. The van der Waals surface area contributed by atoms with Crippen molar-refractivity contribution in [3.63, 3.8) is 0 Å². The Labute approximate surface area is 104 Å². The zero-order valence-electron chi connectivity index (χ0n) is 9.41. The van der Waals surface area contributed by atoms with Gasteiger partial charge in [0.15, 0.2) is 5.78 Å². The van der Waals surface area contributed by atoms with Crippen molar-refractivity contribution >= 4 is 17.5 Å². The van der Waals surface area contributed by atoms with Crippen LogP contribution >= 0.6 is 11.8 Å². The summed E-state index contributed by atoms with van der Waals surface area (Å²) in [7, 11) is 0. The van der Waals surface area contributed by atoms with Gasteiger partial charge in [0.2, 0.25) is 0 Å². The Bertz CT molecular complexity index is 487. The van der Waals surface area contributed by atoms with Crippen LogP contribution in [-0.2, 0) is 0 Å². The fourth-order valence-corrected chi connectivity index (χ4v) is 2.27. The third-order valence-corrected chi connectivity index (χ3v) is 3.28. The molecular formula is C13H12N2OS. The maximum absolute atomic E-state index is 12.1. The van der Waals surface area contributed by atoms with Crippen LogP contribution in [0.1, 0.15) is 17.3 Å². The second kappa shape index (κ2) is 5.59. The molecule has 1 aromatic heterocycles. The zero-order chi connectivity index (χ0) is 12.1. The fourth-order valence-electron chi connectivity index (χ4n) is 1.42. The molecule has 0 spiro atoms. The molecule has 4 heteroatoms. The number of thioether (sulfide) groups is 1. The number of aromatic nitrogens is 2. The Morgan fingerprint density at radius 1 is 1.24 bits per heavy atom. The monoisotopic (exact) mass is 244 g/mol. The van der Waals surface area contributed by atoms with Gasteiger partial charge in [0, 0.05) is 18.0 Å². The molecule has 0 aliphatic rings. The quantitative estimate of drug-likeness (QED) is 0.612. The minimum absolute atomic E-state index is 0.112. The Balaban J connectivity index is 2.06. The van der Waals surface area contributed by atoms with Crippen LogP contribution < -0.4 is 0 Å². The lowest BCUT2D eigenvalue weighted by Crippen LogP contribution is -2.13. The molecule has 0 radical (unpaired) electrons. The number of carbonyl (C=O) groups excluding carboxylic acids is 1. The normalized spacial score (nSPS) is 12.1. The predicted molar refractivity (Wildman–Crippen MR) is 68.1 cm³/mol. The van der Waals surface area contributed by atoms with Crippen molar-refractivity contribution in [2.75, 3.05) is 0 Å². The second-order valence-electron chi connectivity index (χ2n) is 3.53. The number of ketones is 1. The minimum atomic E-state index is -0.158. The van der Waals surface area contributed by atoms with Crippen LogP contribution in [0.2, 0.25) is 0 Å². The molecule has 1 heterocycles. The summed E-state index contributed by atoms with van der Waals surface area (Å²) in [5.41, 5.74) is 0.733. The highest BCUT2D eigenvalue weighted by Gasteiger charge is 2.16. The van der Waals surface area contributed by atoms with Crippen molar-refractivity contribution in [1.29, 1.82) is 0 Å². The molecule has 0 bridgehead atoms. The van der Waals surface area contributed by atoms with E-state index in [9.17, 15) is 4.79 Å². The molecule has 0 saturated heterocycles. The first-order chi connectivity index (χ1) is 8.27. The molecule has 0 N–H and O–H groups in total. The van der Waals surface area contributed by atoms with Crippen molar-refractivity contribution in [2.45, 2.75) is 17.2 Å². The summed E-state index contributed by atoms with van der Waals surface area (Å²) in [5, 5.41) is 0.610. The molecule has 0 aliphatic heterocycles. The van der Waals surface area contributed by atoms with Gasteiger partial charge in [-0.3, -0.25) is 9.78 Å². The van der Waals surface area contributed by atoms with Gasteiger partial charge in [0.1, 0.15) is 5.03 Å². The smallest absolute Gasteiger partial charge is 0.175 e. The predicted octanol–water partition coefficient (Wildman–Crippen LogP) is 2.84. The number of benzene rings is 1. The topological polar surface area (TPSA) is 42.9 Å². The lowest BCUT2D eigenvalue weighted by Gasteiger charge is -2.08. The van der Waals surface area contributed by atoms with Crippen molar-refractivity contribution in [3.05, 3.63) is 54.5 Å². The molecule has 0 saturated carbocycles. The van der Waals surface area contributed by atoms with Crippen LogP contribution in [0.4, 0.5) is 0 Å². The minimum Gasteiger partial charge on any atom is -0.293 e. The lowest BCUT2D eigenvalue weighted by molar-refractivity contribution is 0.0994. The second-order valence-corrected chi connectivity index (χ2v) is 4.90. The highest BCUT2D eigenvalue weighted by Crippen LogP contribution is 2.22. The molecule has 1 atom stereocenters. The van der Waals surface area contributed by atoms with E-state index in [-0.39, 0.29) is 11.0 Å². The largest absolute Gasteiger partial charge is 0.293 e. The highest BCUT2D eigenvalue weighted by atomic mass is 32.2. The van der Waals surface area contributed by atoms with Gasteiger partial charge in [0.25, 0.3) is 0 Å². The first kappa shape index (κ1) is 11.8. The van der Waals surface area contributed by atoms with Crippen molar-refractivity contribution in [3.8, 4) is 0 Å². The molecule has 1 unspecified atom stereocenters. The van der Waals surface area contributed by atoms with Gasteiger partial charge in [0.05, 0.1) is 11.4 Å². The summed E-state index contributed by atoms with van der Waals surface area (Å²) in [4.78, 5) is 20.2. The molecule has 2 rings (SSSR count). The number of hydrogen-bond donors (Lipinski definition) is 0. The number of nitrogens with zero attached hydrogens (tertiary/aromatic N) is 2. The van der Waals surface area contributed by atoms with Crippen LogP contribution in [0.3, 0.4) is 0 Å². The highest BCUT2D eigenvalue weighted by molar-refractivity contribution is 8.00. The number of rotatable bonds is 4. The van der Waals surface area contributed by atoms with E-state index in [1.54, 1.807) is 18.6 Å². The third kappa shape index (κ3) is 3.14. The van der Waals surface area contributed by atoms with E-state index in [0.29, 0.717) is 0 Å². The van der Waals surface area contributed by atoms with Crippen LogP contribution in [0.5, 0.6) is 0 Å². The van der Waals surface area contributed by atoms with Gasteiger partial charge in [-0.15, -0.1) is 0 Å². The van der Waals surface area contributed by atoms with Crippen molar-refractivity contribution in [1.82, 2.24) is 9.97 Å². The van der Waals surface area contributed by atoms with E-state index in [1.165, 1.54) is 11.8 Å². The molecule has 86 valence electrons. The lowest BCUT2D eigenvalue weighted by atomic mass is 10.1. The Hall–Kier alpha value is -1.68. The molecule has 0 aliphatic carbocycles. The van der Waals surface area contributed by atoms with Gasteiger partial charge in [-0.1, -0.05) is 42.1 Å². The van der Waals surface area contributed by atoms with E-state index in [1.807, 2.05) is 37.3 Å². The first-order valence-corrected chi connectivity index (χ1v) is 6.17. The summed E-state index contributed by atoms with van der Waals surface area (Å²) in [5.74, 6) is 0.112. The number of Topliss-reactive ketones (excluding diaryl/α,β-unsaturated/α-hetero) is 1. The summed E-state index contributed by atoms with van der Waals surface area (Å²) < 4.78 is 0. The van der Waals surface area contributed by atoms with Crippen molar-refractivity contribution in [2.24, 2.45) is 0 Å². The van der Waals surface area contributed by atoms with Gasteiger partial charge in [-0.2, -0.15) is 0 Å². The molecular weight excluding hydrogens is 232 g/mol. The van der Waals surface area contributed by atoms with E-state index >= 15 is 0 Å². The van der Waals surface area contributed by atoms with E-state index in [2.05, 4.69) is 9.97 Å². The Morgan fingerprint density at radius 2 is 2.00 bits per heavy atom. The average molecular weight is 244 g/mol. The molecule has 17 heavy (non-hydrogen) atoms. The first-order valence-electron chi connectivity index (χ1n) is 5.29. The number of hydrogen-bond acceptors (Lipinski definition) is 4. The molecule has 0 fully saturated rings. The Kier molecular flexibility index (Phi) is 3.88. The van der Waals surface area contributed by atoms with Crippen LogP contribution in [0.25, 0.3) is 0 Å². The maximum atomic E-state index is 12.1. The van der Waals surface area contributed by atoms with Gasteiger partial charge in [-0.05, 0) is 6.92 Å². The molecule has 0 amide bonds. The van der Waals surface area contributed by atoms with Gasteiger partial charge < -0.3 is 0 Å². The fraction of sp³-hybridized carbons (Fsp3) is 0.154. The Morgan fingerprint density at radius 3 is 2.65 bits per heavy atom. The molecule has 1 aromatic carbocycles. The standard InChI is InChI=1S/C13H12N2OS/c1-10(17-12-9-14-7-8-15-12)13(16)11-5-3-2-4-6-11/h2-10H,1H3. The molecule has 2 aromatic rings. The summed E-state index contributed by atoms with van der Waals surface area (Å²) in [6, 6.07) is 9.29. The number of carbonyl (C=O) groups is 1. The summed E-state index contributed by atoms with van der Waals surface area (Å²) >= 11 is 1.42. The van der Waals surface area contributed by atoms with Crippen LogP contribution in [0, 0.1) is 0 Å². The van der Waals surface area contributed by atoms with Gasteiger partial charge >= 0.3 is 0 Å². The van der Waals surface area contributed by atoms with E-state index in [0.717, 1.165) is 10.6 Å². The maximum Gasteiger partial charge on any atom is 0.175 e.